The van der Waals surface area contributed by atoms with Gasteiger partial charge in [0.2, 0.25) is 0 Å². The summed E-state index contributed by atoms with van der Waals surface area (Å²) in [7, 11) is 0. The molecular formula is C22H30N2O5. The monoisotopic (exact) mass is 402 g/mol. The maximum absolute atomic E-state index is 12.8. The maximum Gasteiger partial charge on any atom is 0.306 e. The highest BCUT2D eigenvalue weighted by Gasteiger charge is 2.33. The van der Waals surface area contributed by atoms with E-state index in [2.05, 4.69) is 4.90 Å². The number of benzene rings is 1. The Labute approximate surface area is 171 Å². The molecule has 2 saturated heterocycles. The fourth-order valence-electron chi connectivity index (χ4n) is 4.60. The SMILES string of the molecule is O=C(O)C[C@@H]1CCN(C(=O)c2ccccc2)C[C@@H]1CCN1CCC(C(=O)O)CC1. The van der Waals surface area contributed by atoms with Crippen LogP contribution in [-0.2, 0) is 9.59 Å². The summed E-state index contributed by atoms with van der Waals surface area (Å²) >= 11 is 0. The van der Waals surface area contributed by atoms with Crippen LogP contribution in [0, 0.1) is 17.8 Å². The molecule has 29 heavy (non-hydrogen) atoms. The fraction of sp³-hybridized carbons (Fsp3) is 0.591. The summed E-state index contributed by atoms with van der Waals surface area (Å²) in [5.41, 5.74) is 0.665. The van der Waals surface area contributed by atoms with Gasteiger partial charge in [-0.2, -0.15) is 0 Å². The molecule has 0 radical (unpaired) electrons. The number of piperidine rings is 2. The highest BCUT2D eigenvalue weighted by molar-refractivity contribution is 5.94. The average Bonchev–Trinajstić information content (AvgIpc) is 2.73. The van der Waals surface area contributed by atoms with Crippen molar-refractivity contribution >= 4 is 17.8 Å². The summed E-state index contributed by atoms with van der Waals surface area (Å²) in [6.07, 6.45) is 3.00. The van der Waals surface area contributed by atoms with Gasteiger partial charge in [0.05, 0.1) is 5.92 Å². The largest absolute Gasteiger partial charge is 0.481 e. The molecule has 2 atom stereocenters. The normalized spacial score (nSPS) is 23.7. The third-order valence-electron chi connectivity index (χ3n) is 6.39. The zero-order valence-corrected chi connectivity index (χ0v) is 16.7. The number of aliphatic carboxylic acids is 2. The Balaban J connectivity index is 1.58. The number of carboxylic acid groups (broad SMARTS) is 2. The van der Waals surface area contributed by atoms with E-state index >= 15 is 0 Å². The van der Waals surface area contributed by atoms with E-state index in [1.807, 2.05) is 35.2 Å². The van der Waals surface area contributed by atoms with Crippen LogP contribution in [0.4, 0.5) is 0 Å². The van der Waals surface area contributed by atoms with Crippen molar-refractivity contribution in [2.75, 3.05) is 32.7 Å². The topological polar surface area (TPSA) is 98.2 Å². The van der Waals surface area contributed by atoms with Gasteiger partial charge < -0.3 is 20.0 Å². The van der Waals surface area contributed by atoms with E-state index in [1.165, 1.54) is 0 Å². The summed E-state index contributed by atoms with van der Waals surface area (Å²) < 4.78 is 0. The van der Waals surface area contributed by atoms with E-state index in [1.54, 1.807) is 0 Å². The van der Waals surface area contributed by atoms with Crippen LogP contribution >= 0.6 is 0 Å². The highest BCUT2D eigenvalue weighted by Crippen LogP contribution is 2.31. The molecule has 1 amide bonds. The molecule has 2 heterocycles. The number of hydrogen-bond acceptors (Lipinski definition) is 4. The van der Waals surface area contributed by atoms with Crippen LogP contribution in [-0.4, -0.2) is 70.6 Å². The minimum Gasteiger partial charge on any atom is -0.481 e. The number of hydrogen-bond donors (Lipinski definition) is 2. The zero-order chi connectivity index (χ0) is 20.8. The third kappa shape index (κ3) is 5.79. The fourth-order valence-corrected chi connectivity index (χ4v) is 4.60. The van der Waals surface area contributed by atoms with Crippen LogP contribution in [0.25, 0.3) is 0 Å². The summed E-state index contributed by atoms with van der Waals surface area (Å²) in [4.78, 5) is 39.4. The lowest BCUT2D eigenvalue weighted by Gasteiger charge is -2.39. The maximum atomic E-state index is 12.8. The second kappa shape index (κ2) is 9.87. The highest BCUT2D eigenvalue weighted by atomic mass is 16.4. The number of amides is 1. The molecule has 0 bridgehead atoms. The van der Waals surface area contributed by atoms with Crippen LogP contribution in [0.1, 0.15) is 42.5 Å². The Morgan fingerprint density at radius 3 is 2.24 bits per heavy atom. The van der Waals surface area contributed by atoms with Crippen molar-refractivity contribution in [2.24, 2.45) is 17.8 Å². The van der Waals surface area contributed by atoms with E-state index in [-0.39, 0.29) is 30.1 Å². The van der Waals surface area contributed by atoms with Gasteiger partial charge in [0, 0.05) is 25.1 Å². The molecule has 0 spiro atoms. The molecule has 1 aromatic rings. The van der Waals surface area contributed by atoms with Gasteiger partial charge in [-0.05, 0) is 69.3 Å². The van der Waals surface area contributed by atoms with Gasteiger partial charge in [-0.15, -0.1) is 0 Å². The Hall–Kier alpha value is -2.41. The van der Waals surface area contributed by atoms with Gasteiger partial charge in [-0.3, -0.25) is 14.4 Å². The van der Waals surface area contributed by atoms with E-state index in [9.17, 15) is 19.5 Å². The van der Waals surface area contributed by atoms with Crippen molar-refractivity contribution in [3.63, 3.8) is 0 Å². The van der Waals surface area contributed by atoms with Crippen LogP contribution in [0.15, 0.2) is 30.3 Å². The molecule has 0 unspecified atom stereocenters. The molecule has 2 aliphatic heterocycles. The first-order chi connectivity index (χ1) is 13.9. The minimum absolute atomic E-state index is 0.00616. The van der Waals surface area contributed by atoms with Crippen molar-refractivity contribution in [1.29, 1.82) is 0 Å². The van der Waals surface area contributed by atoms with Crippen LogP contribution < -0.4 is 0 Å². The van der Waals surface area contributed by atoms with Gasteiger partial charge in [-0.25, -0.2) is 0 Å². The van der Waals surface area contributed by atoms with Crippen LogP contribution in [0.3, 0.4) is 0 Å². The summed E-state index contributed by atoms with van der Waals surface area (Å²) in [6, 6.07) is 9.21. The number of nitrogens with zero attached hydrogens (tertiary/aromatic N) is 2. The minimum atomic E-state index is -0.787. The van der Waals surface area contributed by atoms with Crippen molar-refractivity contribution < 1.29 is 24.6 Å². The standard InChI is InChI=1S/C22H30N2O5/c25-20(26)14-18-9-13-24(21(27)16-4-2-1-3-5-16)15-19(18)8-12-23-10-6-17(7-11-23)22(28)29/h1-5,17-19H,6-15H2,(H,25,26)(H,28,29)/t18-,19-/m0/s1. The molecule has 2 aliphatic rings. The predicted molar refractivity (Wildman–Crippen MR) is 108 cm³/mol. The van der Waals surface area contributed by atoms with Crippen molar-refractivity contribution in [3.05, 3.63) is 35.9 Å². The number of carbonyl (C=O) groups excluding carboxylic acids is 1. The predicted octanol–water partition coefficient (Wildman–Crippen LogP) is 2.43. The Morgan fingerprint density at radius 1 is 0.931 bits per heavy atom. The zero-order valence-electron chi connectivity index (χ0n) is 16.7. The molecule has 7 nitrogen and oxygen atoms in total. The Kier molecular flexibility index (Phi) is 7.25. The first kappa shape index (κ1) is 21.3. The second-order valence-electron chi connectivity index (χ2n) is 8.27. The lowest BCUT2D eigenvalue weighted by Crippen LogP contribution is -2.45. The van der Waals surface area contributed by atoms with Gasteiger partial charge >= 0.3 is 11.9 Å². The quantitative estimate of drug-likeness (QED) is 0.727. The molecule has 2 fully saturated rings. The first-order valence-corrected chi connectivity index (χ1v) is 10.5. The molecule has 7 heteroatoms. The third-order valence-corrected chi connectivity index (χ3v) is 6.39. The van der Waals surface area contributed by atoms with Crippen molar-refractivity contribution in [3.8, 4) is 0 Å². The summed E-state index contributed by atoms with van der Waals surface area (Å²) in [6.45, 7) is 3.52. The van der Waals surface area contributed by atoms with E-state index in [4.69, 9.17) is 5.11 Å². The molecule has 1 aromatic carbocycles. The van der Waals surface area contributed by atoms with E-state index in [0.29, 0.717) is 37.9 Å². The number of likely N-dealkylation sites (tertiary alicyclic amines) is 2. The second-order valence-corrected chi connectivity index (χ2v) is 8.27. The summed E-state index contributed by atoms with van der Waals surface area (Å²) in [5, 5.41) is 18.4. The van der Waals surface area contributed by atoms with Gasteiger partial charge in [-0.1, -0.05) is 18.2 Å². The Bertz CT molecular complexity index is 715. The van der Waals surface area contributed by atoms with Gasteiger partial charge in [0.25, 0.3) is 5.91 Å². The van der Waals surface area contributed by atoms with Gasteiger partial charge in [0.1, 0.15) is 0 Å². The molecule has 0 aromatic heterocycles. The Morgan fingerprint density at radius 2 is 1.62 bits per heavy atom. The first-order valence-electron chi connectivity index (χ1n) is 10.5. The molecular weight excluding hydrogens is 372 g/mol. The van der Waals surface area contributed by atoms with E-state index in [0.717, 1.165) is 26.1 Å². The molecule has 2 N–H and O–H groups in total. The summed E-state index contributed by atoms with van der Waals surface area (Å²) in [5.74, 6) is -1.53. The van der Waals surface area contributed by atoms with Crippen molar-refractivity contribution in [2.45, 2.75) is 32.1 Å². The lowest BCUT2D eigenvalue weighted by molar-refractivity contribution is -0.143. The van der Waals surface area contributed by atoms with E-state index < -0.39 is 11.9 Å². The number of rotatable bonds is 7. The molecule has 0 saturated carbocycles. The number of carboxylic acids is 2. The molecule has 3 rings (SSSR count). The van der Waals surface area contributed by atoms with Crippen LogP contribution in [0.2, 0.25) is 0 Å². The van der Waals surface area contributed by atoms with Gasteiger partial charge in [0.15, 0.2) is 0 Å². The smallest absolute Gasteiger partial charge is 0.306 e. The average molecular weight is 402 g/mol. The van der Waals surface area contributed by atoms with Crippen molar-refractivity contribution in [1.82, 2.24) is 9.80 Å². The number of carbonyl (C=O) groups is 3. The lowest BCUT2D eigenvalue weighted by atomic mass is 9.80. The van der Waals surface area contributed by atoms with Crippen LogP contribution in [0.5, 0.6) is 0 Å². The molecule has 0 aliphatic carbocycles. The molecule has 158 valence electrons.